The number of rotatable bonds is 50. The van der Waals surface area contributed by atoms with Crippen molar-refractivity contribution in [3.63, 3.8) is 0 Å². The summed E-state index contributed by atoms with van der Waals surface area (Å²) in [6, 6.07) is 39.9. The highest BCUT2D eigenvalue weighted by molar-refractivity contribution is 6.62. The van der Waals surface area contributed by atoms with E-state index in [0.717, 1.165) is 94.7 Å². The normalized spacial score (nSPS) is 12.3. The van der Waals surface area contributed by atoms with Crippen molar-refractivity contribution < 1.29 is 99.5 Å². The summed E-state index contributed by atoms with van der Waals surface area (Å²) in [6.07, 6.45) is 3.82. The summed E-state index contributed by atoms with van der Waals surface area (Å²) in [6.45, 7) is 48.6. The zero-order valence-corrected chi connectivity index (χ0v) is 74.5. The van der Waals surface area contributed by atoms with Gasteiger partial charge >= 0.3 is 44.0 Å². The minimum atomic E-state index is -2.68. The van der Waals surface area contributed by atoms with E-state index in [-0.39, 0.29) is 5.60 Å². The van der Waals surface area contributed by atoms with Crippen LogP contribution in [-0.4, -0.2) is 190 Å². The van der Waals surface area contributed by atoms with E-state index in [1.807, 2.05) is 216 Å². The maximum atomic E-state index is 5.89. The smallest absolute Gasteiger partial charge is 0.497 e. The van der Waals surface area contributed by atoms with Gasteiger partial charge in [0.15, 0.2) is 11.5 Å². The largest absolute Gasteiger partial charge is 0.505 e. The third-order valence-electron chi connectivity index (χ3n) is 15.4. The number of methoxy groups -OCH3 is 3. The lowest BCUT2D eigenvalue weighted by molar-refractivity contribution is 0.0695. The monoisotopic (exact) mass is 1590 g/mol. The van der Waals surface area contributed by atoms with Crippen molar-refractivity contribution in [3.05, 3.63) is 137 Å². The van der Waals surface area contributed by atoms with E-state index in [0.29, 0.717) is 137 Å². The summed E-state index contributed by atoms with van der Waals surface area (Å²) in [7, 11) is -7.97. The molecule has 5 aromatic rings. The molecule has 0 bridgehead atoms. The Balaban J connectivity index is 0.000000455. The van der Waals surface area contributed by atoms with Crippen molar-refractivity contribution in [1.29, 1.82) is 0 Å². The molecule has 1 heterocycles. The molecule has 0 saturated heterocycles. The molecule has 22 nitrogen and oxygen atoms in total. The summed E-state index contributed by atoms with van der Waals surface area (Å²) in [5.74, 6) is 5.83. The van der Waals surface area contributed by atoms with Crippen LogP contribution in [0.4, 0.5) is 0 Å². The summed E-state index contributed by atoms with van der Waals surface area (Å²) in [4.78, 5) is 0. The quantitative estimate of drug-likeness (QED) is 0.0332. The average Bonchev–Trinajstić information content (AvgIpc) is 0.744. The molecule has 1 aliphatic heterocycles. The van der Waals surface area contributed by atoms with Gasteiger partial charge in [0.25, 0.3) is 0 Å². The number of ether oxygens (including phenoxy) is 7. The standard InChI is InChI=1S/C17H30O5Si.C17H30O4Si.C16H28O4Si.C15H24O5Si.C15H26O4Si/c1-6-20-23(21-7-2,22-8-3)11-9-10-15-12-16(18-4)14-17(13-15)19-5;1-7-18-22(19-8-2,20-9-3)14-15-10-12-16(13-11-15)21-17(4,5)6;1-5-18-21(19-6-2,20-7-3)14-8-9-15-10-12-16(17-4)13-11-15;1-4-18-21(19-5-2,20-6-3)12-13-7-8-14-15(11-13)17-10-9-16-14;1-5-16-15-11-9-14(10-12-15)13-20(17-6-2,18-7-3)19-8-4/h12-14H,6-11H2,1-5H3;10-13H,7-9,14H2,1-6H3;10-13H,5-9,14H2,1-4H3;7-8,11H,4-6,9-10,12H2,1-3H3;9-12H,5-8,13H2,1-4H3. The van der Waals surface area contributed by atoms with Crippen LogP contribution in [0.2, 0.25) is 12.1 Å². The van der Waals surface area contributed by atoms with Crippen LogP contribution in [0.3, 0.4) is 0 Å². The molecule has 0 aromatic heterocycles. The summed E-state index contributed by atoms with van der Waals surface area (Å²) < 4.78 is 126. The maximum absolute atomic E-state index is 5.89. The number of aryl methyl sites for hydroxylation is 2. The van der Waals surface area contributed by atoms with Crippen LogP contribution in [0.25, 0.3) is 0 Å². The first-order chi connectivity index (χ1) is 51.6. The Bertz CT molecular complexity index is 2900. The average molecular weight is 1590 g/mol. The van der Waals surface area contributed by atoms with Crippen molar-refractivity contribution in [3.8, 4) is 40.2 Å². The van der Waals surface area contributed by atoms with Crippen LogP contribution >= 0.6 is 0 Å². The molecule has 610 valence electrons. The van der Waals surface area contributed by atoms with Gasteiger partial charge in [-0.15, -0.1) is 0 Å². The maximum Gasteiger partial charge on any atom is 0.505 e. The van der Waals surface area contributed by atoms with Gasteiger partial charge in [-0.3, -0.25) is 0 Å². The lowest BCUT2D eigenvalue weighted by atomic mass is 10.1. The Morgan fingerprint density at radius 3 is 0.897 bits per heavy atom. The zero-order valence-electron chi connectivity index (χ0n) is 69.5. The Hall–Kier alpha value is -4.82. The lowest BCUT2D eigenvalue weighted by Gasteiger charge is -2.29. The number of hydrogen-bond acceptors (Lipinski definition) is 22. The van der Waals surface area contributed by atoms with E-state index >= 15 is 0 Å². The molecule has 0 amide bonds. The molecule has 0 atom stereocenters. The van der Waals surface area contributed by atoms with Crippen LogP contribution in [0.5, 0.6) is 40.2 Å². The second-order valence-corrected chi connectivity index (χ2v) is 37.9. The van der Waals surface area contributed by atoms with Gasteiger partial charge in [-0.05, 0) is 246 Å². The number of fused-ring (bicyclic) bond motifs is 1. The SMILES string of the molecule is CCO[Si](CCCc1cc(OC)cc(OC)c1)(OCC)OCC.CCO[Si](CCCc1ccc(OC)cc1)(OCC)OCC.CCO[Si](Cc1ccc(OC(C)(C)C)cc1)(OCC)OCC.CCO[Si](Cc1ccc2c(c1)OCCO2)(OCC)OCC.CCOc1ccc(C[Si](OCC)(OCC)OCC)cc1. The van der Waals surface area contributed by atoms with Crippen LogP contribution in [0.15, 0.2) is 109 Å². The summed E-state index contributed by atoms with van der Waals surface area (Å²) in [5.41, 5.74) is 5.65. The molecule has 0 radical (unpaired) electrons. The topological polar surface area (TPSA) is 203 Å². The predicted octanol–water partition coefficient (Wildman–Crippen LogP) is 17.2. The van der Waals surface area contributed by atoms with Gasteiger partial charge in [0.2, 0.25) is 0 Å². The van der Waals surface area contributed by atoms with E-state index in [2.05, 4.69) is 24.3 Å². The number of hydrogen-bond donors (Lipinski definition) is 0. The molecule has 27 heteroatoms. The van der Waals surface area contributed by atoms with Crippen LogP contribution in [0, 0.1) is 0 Å². The predicted molar refractivity (Wildman–Crippen MR) is 435 cm³/mol. The van der Waals surface area contributed by atoms with E-state index < -0.39 is 44.0 Å². The number of benzene rings is 5. The fraction of sp³-hybridized carbons (Fsp3) is 0.625. The Morgan fingerprint density at radius 1 is 0.280 bits per heavy atom. The van der Waals surface area contributed by atoms with Gasteiger partial charge in [0.05, 0.1) is 27.9 Å². The molecule has 0 unspecified atom stereocenters. The molecule has 0 N–H and O–H groups in total. The van der Waals surface area contributed by atoms with Crippen LogP contribution < -0.4 is 33.2 Å². The zero-order chi connectivity index (χ0) is 79.3. The highest BCUT2D eigenvalue weighted by Crippen LogP contribution is 2.33. The molecule has 0 saturated carbocycles. The van der Waals surface area contributed by atoms with Crippen molar-refractivity contribution in [2.24, 2.45) is 0 Å². The van der Waals surface area contributed by atoms with Crippen LogP contribution in [-0.2, 0) is 97.4 Å². The van der Waals surface area contributed by atoms with Gasteiger partial charge in [0.1, 0.15) is 47.6 Å². The summed E-state index contributed by atoms with van der Waals surface area (Å²) in [5, 5.41) is 0. The van der Waals surface area contributed by atoms with Gasteiger partial charge in [0, 0.05) is 135 Å². The molecule has 1 aliphatic rings. The Morgan fingerprint density at radius 2 is 0.570 bits per heavy atom. The van der Waals surface area contributed by atoms with Crippen LogP contribution in [0.1, 0.15) is 172 Å². The first-order valence-electron chi connectivity index (χ1n) is 38.9. The highest BCUT2D eigenvalue weighted by atomic mass is 28.4. The lowest BCUT2D eigenvalue weighted by Crippen LogP contribution is -2.48. The fourth-order valence-corrected chi connectivity index (χ4v) is 24.5. The second-order valence-electron chi connectivity index (χ2n) is 24.6. The van der Waals surface area contributed by atoms with E-state index in [9.17, 15) is 0 Å². The molecular weight excluding hydrogens is 1450 g/mol. The van der Waals surface area contributed by atoms with E-state index in [1.165, 1.54) is 11.1 Å². The van der Waals surface area contributed by atoms with E-state index in [1.54, 1.807) is 21.3 Å². The first-order valence-corrected chi connectivity index (χ1v) is 48.6. The fourth-order valence-electron chi connectivity index (χ4n) is 11.5. The molecular formula is C80H138O22Si5. The van der Waals surface area contributed by atoms with Gasteiger partial charge in [-0.1, -0.05) is 42.5 Å². The Kier molecular flexibility index (Phi) is 51.8. The first kappa shape index (κ1) is 98.3. The molecule has 6 rings (SSSR count). The molecule has 0 fully saturated rings. The second kappa shape index (κ2) is 56.4. The summed E-state index contributed by atoms with van der Waals surface area (Å²) >= 11 is 0. The van der Waals surface area contributed by atoms with Crippen molar-refractivity contribution in [2.45, 2.75) is 193 Å². The Labute approximate surface area is 650 Å². The molecule has 107 heavy (non-hydrogen) atoms. The molecule has 0 spiro atoms. The third kappa shape index (κ3) is 38.8. The van der Waals surface area contributed by atoms with Gasteiger partial charge in [-0.2, -0.15) is 0 Å². The highest BCUT2D eigenvalue weighted by Gasteiger charge is 2.44. The molecule has 0 aliphatic carbocycles. The van der Waals surface area contributed by atoms with Crippen molar-refractivity contribution in [1.82, 2.24) is 0 Å². The van der Waals surface area contributed by atoms with Crippen molar-refractivity contribution >= 4 is 44.0 Å². The minimum Gasteiger partial charge on any atom is -0.497 e. The van der Waals surface area contributed by atoms with E-state index in [4.69, 9.17) is 99.5 Å². The third-order valence-corrected chi connectivity index (χ3v) is 30.8. The van der Waals surface area contributed by atoms with Crippen molar-refractivity contribution in [2.75, 3.05) is 140 Å². The minimum absolute atomic E-state index is 0.192. The van der Waals surface area contributed by atoms with Gasteiger partial charge < -0.3 is 99.5 Å². The van der Waals surface area contributed by atoms with Gasteiger partial charge in [-0.25, -0.2) is 0 Å². The molecule has 5 aromatic carbocycles.